The van der Waals surface area contributed by atoms with Crippen LogP contribution in [0.25, 0.3) is 0 Å². The Morgan fingerprint density at radius 1 is 1.37 bits per heavy atom. The van der Waals surface area contributed by atoms with Crippen LogP contribution in [-0.4, -0.2) is 23.4 Å². The Bertz CT molecular complexity index is 444. The van der Waals surface area contributed by atoms with Crippen LogP contribution in [0, 0.1) is 5.92 Å². The first-order valence-corrected chi connectivity index (χ1v) is 7.24. The molecule has 19 heavy (non-hydrogen) atoms. The largest absolute Gasteiger partial charge is 0.337 e. The van der Waals surface area contributed by atoms with Crippen molar-refractivity contribution in [2.24, 2.45) is 11.7 Å². The van der Waals surface area contributed by atoms with Crippen LogP contribution in [0.1, 0.15) is 37.8 Å². The third-order valence-corrected chi connectivity index (χ3v) is 4.21. The second-order valence-electron chi connectivity index (χ2n) is 5.54. The maximum absolute atomic E-state index is 12.5. The predicted octanol–water partition coefficient (Wildman–Crippen LogP) is 2.33. The van der Waals surface area contributed by atoms with Crippen LogP contribution in [-0.2, 0) is 17.8 Å². The first kappa shape index (κ1) is 14.1. The van der Waals surface area contributed by atoms with Crippen LogP contribution >= 0.6 is 0 Å². The molecule has 0 fully saturated rings. The van der Waals surface area contributed by atoms with Crippen LogP contribution in [0.15, 0.2) is 24.3 Å². The van der Waals surface area contributed by atoms with Crippen molar-refractivity contribution in [1.82, 2.24) is 4.90 Å². The van der Waals surface area contributed by atoms with Crippen LogP contribution in [0.3, 0.4) is 0 Å². The fourth-order valence-corrected chi connectivity index (χ4v) is 2.60. The van der Waals surface area contributed by atoms with Gasteiger partial charge in [0.1, 0.15) is 0 Å². The maximum atomic E-state index is 12.5. The number of nitrogens with two attached hydrogens (primary N) is 1. The van der Waals surface area contributed by atoms with Gasteiger partial charge < -0.3 is 10.6 Å². The molecule has 0 aliphatic carbocycles. The predicted molar refractivity (Wildman–Crippen MR) is 77.6 cm³/mol. The van der Waals surface area contributed by atoms with E-state index < -0.39 is 0 Å². The van der Waals surface area contributed by atoms with E-state index >= 15 is 0 Å². The number of aryl methyl sites for hydroxylation is 1. The van der Waals surface area contributed by atoms with Gasteiger partial charge in [-0.05, 0) is 29.9 Å². The lowest BCUT2D eigenvalue weighted by atomic mass is 9.98. The molecule has 0 bridgehead atoms. The van der Waals surface area contributed by atoms with Crippen LogP contribution in [0.2, 0.25) is 0 Å². The van der Waals surface area contributed by atoms with E-state index in [2.05, 4.69) is 25.1 Å². The van der Waals surface area contributed by atoms with Gasteiger partial charge in [0.05, 0.1) is 6.04 Å². The highest BCUT2D eigenvalue weighted by Crippen LogP contribution is 2.20. The molecule has 0 saturated carbocycles. The Morgan fingerprint density at radius 2 is 2.05 bits per heavy atom. The second-order valence-corrected chi connectivity index (χ2v) is 5.54. The molecule has 1 aliphatic rings. The summed E-state index contributed by atoms with van der Waals surface area (Å²) in [4.78, 5) is 14.4. The quantitative estimate of drug-likeness (QED) is 0.906. The minimum absolute atomic E-state index is 0.103. The summed E-state index contributed by atoms with van der Waals surface area (Å²) in [7, 11) is 0. The zero-order chi connectivity index (χ0) is 13.8. The van der Waals surface area contributed by atoms with Crippen LogP contribution in [0.5, 0.6) is 0 Å². The maximum Gasteiger partial charge on any atom is 0.240 e. The zero-order valence-electron chi connectivity index (χ0n) is 11.9. The fourth-order valence-electron chi connectivity index (χ4n) is 2.60. The Hall–Kier alpha value is -1.35. The Kier molecular flexibility index (Phi) is 4.59. The highest BCUT2D eigenvalue weighted by molar-refractivity contribution is 5.82. The summed E-state index contributed by atoms with van der Waals surface area (Å²) in [5.41, 5.74) is 8.72. The molecule has 1 aliphatic heterocycles. The number of carbonyl (C=O) groups excluding carboxylic acids is 1. The van der Waals surface area contributed by atoms with Crippen LogP contribution in [0.4, 0.5) is 0 Å². The molecule has 2 rings (SSSR count). The lowest BCUT2D eigenvalue weighted by molar-refractivity contribution is -0.134. The van der Waals surface area contributed by atoms with E-state index in [-0.39, 0.29) is 17.9 Å². The summed E-state index contributed by atoms with van der Waals surface area (Å²) in [6.07, 6.45) is 3.02. The molecule has 0 saturated heterocycles. The van der Waals surface area contributed by atoms with E-state index in [4.69, 9.17) is 5.73 Å². The number of fused-ring (bicyclic) bond motifs is 1. The van der Waals surface area contributed by atoms with Gasteiger partial charge in [-0.3, -0.25) is 4.79 Å². The average molecular weight is 260 g/mol. The van der Waals surface area contributed by atoms with Gasteiger partial charge in [0.25, 0.3) is 0 Å². The van der Waals surface area contributed by atoms with E-state index in [0.717, 1.165) is 25.8 Å². The molecule has 0 spiro atoms. The molecule has 0 unspecified atom stereocenters. The summed E-state index contributed by atoms with van der Waals surface area (Å²) < 4.78 is 0. The third kappa shape index (κ3) is 3.16. The van der Waals surface area contributed by atoms with E-state index in [0.29, 0.717) is 6.54 Å². The molecule has 1 amide bonds. The molecule has 0 aromatic heterocycles. The number of benzene rings is 1. The average Bonchev–Trinajstić information content (AvgIpc) is 2.66. The van der Waals surface area contributed by atoms with Crippen molar-refractivity contribution >= 4 is 5.91 Å². The van der Waals surface area contributed by atoms with Gasteiger partial charge >= 0.3 is 0 Å². The highest BCUT2D eigenvalue weighted by Gasteiger charge is 2.26. The van der Waals surface area contributed by atoms with Crippen LogP contribution < -0.4 is 5.73 Å². The van der Waals surface area contributed by atoms with Gasteiger partial charge in [-0.25, -0.2) is 0 Å². The van der Waals surface area contributed by atoms with Crippen molar-refractivity contribution in [2.45, 2.75) is 45.7 Å². The molecule has 3 nitrogen and oxygen atoms in total. The molecule has 104 valence electrons. The summed E-state index contributed by atoms with van der Waals surface area (Å²) in [5.74, 6) is 0.344. The SMILES string of the molecule is CC[C@H](C)[C@H](N)C(=O)N1CCCc2ccccc2C1. The number of carbonyl (C=O) groups is 1. The van der Waals surface area contributed by atoms with E-state index in [1.807, 2.05) is 17.9 Å². The summed E-state index contributed by atoms with van der Waals surface area (Å²) >= 11 is 0. The molecule has 1 aromatic rings. The van der Waals surface area contributed by atoms with Gasteiger partial charge in [0.15, 0.2) is 0 Å². The normalized spacial score (nSPS) is 18.4. The van der Waals surface area contributed by atoms with E-state index in [9.17, 15) is 4.79 Å². The highest BCUT2D eigenvalue weighted by atomic mass is 16.2. The van der Waals surface area contributed by atoms with Gasteiger partial charge in [0.2, 0.25) is 5.91 Å². The standard InChI is InChI=1S/C16H24N2O/c1-3-12(2)15(17)16(19)18-10-6-9-13-7-4-5-8-14(13)11-18/h4-5,7-8,12,15H,3,6,9-11,17H2,1-2H3/t12-,15-/m0/s1. The molecule has 2 N–H and O–H groups in total. The second kappa shape index (κ2) is 6.20. The number of hydrogen-bond donors (Lipinski definition) is 1. The zero-order valence-corrected chi connectivity index (χ0v) is 11.9. The smallest absolute Gasteiger partial charge is 0.240 e. The summed E-state index contributed by atoms with van der Waals surface area (Å²) in [5, 5.41) is 0. The van der Waals surface area contributed by atoms with Crippen molar-refractivity contribution in [3.05, 3.63) is 35.4 Å². The van der Waals surface area contributed by atoms with Gasteiger partial charge in [-0.15, -0.1) is 0 Å². The van der Waals surface area contributed by atoms with Crippen molar-refractivity contribution in [1.29, 1.82) is 0 Å². The van der Waals surface area contributed by atoms with Crippen molar-refractivity contribution in [3.63, 3.8) is 0 Å². The van der Waals surface area contributed by atoms with Gasteiger partial charge in [0, 0.05) is 13.1 Å². The molecule has 1 aromatic carbocycles. The molecule has 0 radical (unpaired) electrons. The molecule has 2 atom stereocenters. The topological polar surface area (TPSA) is 46.3 Å². The minimum atomic E-state index is -0.365. The lowest BCUT2D eigenvalue weighted by Gasteiger charge is -2.27. The summed E-state index contributed by atoms with van der Waals surface area (Å²) in [6.45, 7) is 5.65. The van der Waals surface area contributed by atoms with Gasteiger partial charge in [-0.1, -0.05) is 44.5 Å². The Balaban J connectivity index is 2.12. The number of nitrogens with zero attached hydrogens (tertiary/aromatic N) is 1. The van der Waals surface area contributed by atoms with Crippen molar-refractivity contribution in [3.8, 4) is 0 Å². The van der Waals surface area contributed by atoms with E-state index in [1.165, 1.54) is 11.1 Å². The molecular weight excluding hydrogens is 236 g/mol. The number of rotatable bonds is 3. The number of hydrogen-bond acceptors (Lipinski definition) is 2. The molecule has 3 heteroatoms. The third-order valence-electron chi connectivity index (χ3n) is 4.21. The fraction of sp³-hybridized carbons (Fsp3) is 0.562. The first-order chi connectivity index (χ1) is 9.13. The monoisotopic (exact) mass is 260 g/mol. The number of amides is 1. The molecular formula is C16H24N2O. The van der Waals surface area contributed by atoms with Crippen molar-refractivity contribution < 1.29 is 4.79 Å². The Labute approximate surface area is 115 Å². The lowest BCUT2D eigenvalue weighted by Crippen LogP contribution is -2.46. The van der Waals surface area contributed by atoms with Crippen molar-refractivity contribution in [2.75, 3.05) is 6.54 Å². The first-order valence-electron chi connectivity index (χ1n) is 7.24. The molecule has 1 heterocycles. The van der Waals surface area contributed by atoms with E-state index in [1.54, 1.807) is 0 Å². The minimum Gasteiger partial charge on any atom is -0.337 e. The summed E-state index contributed by atoms with van der Waals surface area (Å²) in [6, 6.07) is 8.03. The van der Waals surface area contributed by atoms with Gasteiger partial charge in [-0.2, -0.15) is 0 Å². The Morgan fingerprint density at radius 3 is 2.74 bits per heavy atom.